The van der Waals surface area contributed by atoms with E-state index in [1.165, 1.54) is 11.8 Å². The average molecular weight is 381 g/mol. The van der Waals surface area contributed by atoms with E-state index >= 15 is 0 Å². The van der Waals surface area contributed by atoms with Gasteiger partial charge in [-0.3, -0.25) is 9.59 Å². The van der Waals surface area contributed by atoms with Crippen molar-refractivity contribution in [2.75, 3.05) is 13.1 Å². The third-order valence-corrected chi connectivity index (χ3v) is 7.08. The smallest absolute Gasteiger partial charge is 0.259 e. The van der Waals surface area contributed by atoms with E-state index < -0.39 is 0 Å². The van der Waals surface area contributed by atoms with Crippen molar-refractivity contribution in [2.45, 2.75) is 50.7 Å². The molecule has 1 aliphatic heterocycles. The Morgan fingerprint density at radius 1 is 1.52 bits per heavy atom. The van der Waals surface area contributed by atoms with Crippen molar-refractivity contribution in [2.24, 2.45) is 5.73 Å². The molecule has 1 fully saturated rings. The first-order valence-electron chi connectivity index (χ1n) is 8.53. The van der Waals surface area contributed by atoms with Crippen LogP contribution >= 0.6 is 23.1 Å². The minimum atomic E-state index is -0.181. The minimum absolute atomic E-state index is 0.0934. The molecule has 1 saturated heterocycles. The molecule has 25 heavy (non-hydrogen) atoms. The number of hydrogen-bond acceptors (Lipinski definition) is 6. The molecule has 3 heterocycles. The van der Waals surface area contributed by atoms with Crippen molar-refractivity contribution in [3.8, 4) is 0 Å². The molecule has 3 rings (SSSR count). The zero-order valence-corrected chi connectivity index (χ0v) is 16.4. The minimum Gasteiger partial charge on any atom is -0.337 e. The van der Waals surface area contributed by atoms with Crippen LogP contribution in [0.25, 0.3) is 10.2 Å². The number of nitrogens with zero attached hydrogens (tertiary/aromatic N) is 2. The summed E-state index contributed by atoms with van der Waals surface area (Å²) in [7, 11) is 0. The van der Waals surface area contributed by atoms with Crippen LogP contribution in [0.2, 0.25) is 0 Å². The van der Waals surface area contributed by atoms with E-state index in [1.807, 2.05) is 25.7 Å². The summed E-state index contributed by atoms with van der Waals surface area (Å²) >= 11 is 3.05. The Morgan fingerprint density at radius 2 is 2.28 bits per heavy atom. The number of thiophene rings is 1. The monoisotopic (exact) mass is 380 g/mol. The Morgan fingerprint density at radius 3 is 3.00 bits per heavy atom. The number of nitrogens with two attached hydrogens (primary N) is 1. The van der Waals surface area contributed by atoms with Gasteiger partial charge in [0.05, 0.1) is 16.4 Å². The summed E-state index contributed by atoms with van der Waals surface area (Å²) < 4.78 is 0. The summed E-state index contributed by atoms with van der Waals surface area (Å²) in [5, 5.41) is 0.503. The summed E-state index contributed by atoms with van der Waals surface area (Å²) in [6.07, 6.45) is 2.01. The summed E-state index contributed by atoms with van der Waals surface area (Å²) in [5.41, 5.74) is 6.67. The van der Waals surface area contributed by atoms with Crippen molar-refractivity contribution in [3.05, 3.63) is 26.6 Å². The van der Waals surface area contributed by atoms with Gasteiger partial charge in [-0.05, 0) is 39.2 Å². The van der Waals surface area contributed by atoms with Crippen molar-refractivity contribution in [1.29, 1.82) is 0 Å². The zero-order chi connectivity index (χ0) is 18.1. The van der Waals surface area contributed by atoms with Gasteiger partial charge in [-0.1, -0.05) is 0 Å². The Balaban J connectivity index is 1.70. The number of thioether (sulfide) groups is 1. The number of likely N-dealkylation sites (tertiary alicyclic amines) is 1. The highest BCUT2D eigenvalue weighted by Crippen LogP contribution is 2.27. The second-order valence-corrected chi connectivity index (χ2v) is 9.02. The number of aromatic amines is 1. The van der Waals surface area contributed by atoms with Crippen molar-refractivity contribution >= 4 is 39.2 Å². The average Bonchev–Trinajstić information content (AvgIpc) is 3.17. The predicted octanol–water partition coefficient (Wildman–Crippen LogP) is 2.17. The molecule has 2 unspecified atom stereocenters. The quantitative estimate of drug-likeness (QED) is 0.829. The van der Waals surface area contributed by atoms with Crippen LogP contribution in [-0.4, -0.2) is 45.2 Å². The van der Waals surface area contributed by atoms with E-state index in [9.17, 15) is 9.59 Å². The van der Waals surface area contributed by atoms with Crippen molar-refractivity contribution in [1.82, 2.24) is 14.9 Å². The first-order chi connectivity index (χ1) is 11.9. The van der Waals surface area contributed by atoms with Gasteiger partial charge in [-0.25, -0.2) is 4.98 Å². The number of aromatic nitrogens is 2. The van der Waals surface area contributed by atoms with E-state index in [2.05, 4.69) is 9.97 Å². The van der Waals surface area contributed by atoms with Crippen molar-refractivity contribution in [3.63, 3.8) is 0 Å². The first kappa shape index (κ1) is 18.4. The lowest BCUT2D eigenvalue weighted by Crippen LogP contribution is -2.43. The highest BCUT2D eigenvalue weighted by atomic mass is 32.2. The normalized spacial score (nSPS) is 18.9. The molecular weight excluding hydrogens is 356 g/mol. The highest BCUT2D eigenvalue weighted by molar-refractivity contribution is 7.99. The number of aryl methyl sites for hydroxylation is 2. The molecule has 6 nitrogen and oxygen atoms in total. The number of carbonyl (C=O) groups is 1. The summed E-state index contributed by atoms with van der Waals surface area (Å²) in [6.45, 7) is 7.17. The first-order valence-corrected chi connectivity index (χ1v) is 10.4. The van der Waals surface area contributed by atoms with Gasteiger partial charge in [-0.2, -0.15) is 0 Å². The molecule has 1 aliphatic rings. The SMILES string of the molecule is Cc1sc2nc(CSC(C)C(=O)N3CCCC3CN)[nH]c(=O)c2c1C. The summed E-state index contributed by atoms with van der Waals surface area (Å²) in [4.78, 5) is 36.2. The molecule has 1 amide bonds. The van der Waals surface area contributed by atoms with Crippen LogP contribution in [0.4, 0.5) is 0 Å². The van der Waals surface area contributed by atoms with Gasteiger partial charge in [-0.15, -0.1) is 23.1 Å². The lowest BCUT2D eigenvalue weighted by atomic mass is 10.2. The maximum Gasteiger partial charge on any atom is 0.259 e. The molecule has 0 saturated carbocycles. The fourth-order valence-corrected chi connectivity index (χ4v) is 5.12. The van der Waals surface area contributed by atoms with E-state index in [0.717, 1.165) is 34.7 Å². The van der Waals surface area contributed by atoms with Gasteiger partial charge in [0, 0.05) is 24.0 Å². The molecule has 2 aromatic heterocycles. The molecule has 3 N–H and O–H groups in total. The lowest BCUT2D eigenvalue weighted by Gasteiger charge is -2.26. The van der Waals surface area contributed by atoms with Crippen LogP contribution in [0.3, 0.4) is 0 Å². The van der Waals surface area contributed by atoms with E-state index in [-0.39, 0.29) is 22.8 Å². The van der Waals surface area contributed by atoms with Crippen LogP contribution in [-0.2, 0) is 10.5 Å². The van der Waals surface area contributed by atoms with E-state index in [0.29, 0.717) is 23.5 Å². The third kappa shape index (κ3) is 3.61. The van der Waals surface area contributed by atoms with Gasteiger partial charge in [0.15, 0.2) is 0 Å². The number of hydrogen-bond donors (Lipinski definition) is 2. The zero-order valence-electron chi connectivity index (χ0n) is 14.8. The van der Waals surface area contributed by atoms with Gasteiger partial charge in [0.2, 0.25) is 5.91 Å². The number of nitrogens with one attached hydrogen (secondary N) is 1. The second kappa shape index (κ2) is 7.47. The fourth-order valence-electron chi connectivity index (χ4n) is 3.25. The molecule has 2 aromatic rings. The molecule has 2 atom stereocenters. The van der Waals surface area contributed by atoms with E-state index in [1.54, 1.807) is 11.3 Å². The molecule has 136 valence electrons. The molecule has 0 aromatic carbocycles. The van der Waals surface area contributed by atoms with Crippen LogP contribution in [0.15, 0.2) is 4.79 Å². The number of H-pyrrole nitrogens is 1. The topological polar surface area (TPSA) is 92.1 Å². The highest BCUT2D eigenvalue weighted by Gasteiger charge is 2.30. The Bertz CT molecular complexity index is 845. The summed E-state index contributed by atoms with van der Waals surface area (Å²) in [6, 6.07) is 0.168. The molecular formula is C17H24N4O2S2. The Kier molecular flexibility index (Phi) is 5.50. The second-order valence-electron chi connectivity index (χ2n) is 6.49. The number of carbonyl (C=O) groups excluding carboxylic acids is 1. The van der Waals surface area contributed by atoms with Gasteiger partial charge in [0.25, 0.3) is 5.56 Å². The Hall–Kier alpha value is -1.38. The molecule has 0 radical (unpaired) electrons. The number of fused-ring (bicyclic) bond motifs is 1. The maximum absolute atomic E-state index is 12.6. The lowest BCUT2D eigenvalue weighted by molar-refractivity contribution is -0.130. The largest absolute Gasteiger partial charge is 0.337 e. The van der Waals surface area contributed by atoms with Crippen molar-refractivity contribution < 1.29 is 4.79 Å². The van der Waals surface area contributed by atoms with Gasteiger partial charge < -0.3 is 15.6 Å². The molecule has 0 bridgehead atoms. The third-order valence-electron chi connectivity index (χ3n) is 4.84. The standard InChI is InChI=1S/C17H24N4O2S2/c1-9-10(2)25-16-14(9)15(22)19-13(20-16)8-24-11(3)17(23)21-6-4-5-12(21)7-18/h11-12H,4-8,18H2,1-3H3,(H,19,20,22). The van der Waals surface area contributed by atoms with E-state index in [4.69, 9.17) is 5.73 Å². The molecule has 0 aliphatic carbocycles. The molecule has 8 heteroatoms. The fraction of sp³-hybridized carbons (Fsp3) is 0.588. The summed E-state index contributed by atoms with van der Waals surface area (Å²) in [5.74, 6) is 1.26. The predicted molar refractivity (Wildman–Crippen MR) is 104 cm³/mol. The van der Waals surface area contributed by atoms with Crippen LogP contribution in [0.1, 0.15) is 36.0 Å². The maximum atomic E-state index is 12.6. The van der Waals surface area contributed by atoms with Crippen LogP contribution < -0.4 is 11.3 Å². The molecule has 0 spiro atoms. The van der Waals surface area contributed by atoms with Gasteiger partial charge in [0.1, 0.15) is 10.7 Å². The van der Waals surface area contributed by atoms with Crippen LogP contribution in [0, 0.1) is 13.8 Å². The van der Waals surface area contributed by atoms with Gasteiger partial charge >= 0.3 is 0 Å². The number of rotatable bonds is 5. The van der Waals surface area contributed by atoms with Crippen LogP contribution in [0.5, 0.6) is 0 Å². The number of amides is 1. The Labute approximate surface area is 155 Å².